The Hall–Kier alpha value is -0.570. The number of rotatable bonds is 3. The van der Waals surface area contributed by atoms with Gasteiger partial charge in [-0.3, -0.25) is 0 Å². The average Bonchev–Trinajstić information content (AvgIpc) is 1.68. The molecule has 0 rings (SSSR count). The summed E-state index contributed by atoms with van der Waals surface area (Å²) in [6, 6.07) is 0. The molecule has 0 aliphatic rings. The van der Waals surface area contributed by atoms with E-state index in [1.165, 1.54) is 7.11 Å². The lowest BCUT2D eigenvalue weighted by atomic mass is 10.7. The first-order valence-electron chi connectivity index (χ1n) is 2.45. The van der Waals surface area contributed by atoms with Gasteiger partial charge in [0, 0.05) is 7.11 Å². The molecule has 0 saturated heterocycles. The van der Waals surface area contributed by atoms with Gasteiger partial charge in [-0.2, -0.15) is 0 Å². The van der Waals surface area contributed by atoms with E-state index in [1.807, 2.05) is 0 Å². The Balaban J connectivity index is 0. The summed E-state index contributed by atoms with van der Waals surface area (Å²) in [5, 5.41) is 0. The summed E-state index contributed by atoms with van der Waals surface area (Å²) >= 11 is 0. The Morgan fingerprint density at radius 3 is 2.44 bits per heavy atom. The third-order valence-electron chi connectivity index (χ3n) is 0.568. The van der Waals surface area contributed by atoms with Crippen LogP contribution in [0.5, 0.6) is 0 Å². The van der Waals surface area contributed by atoms with Gasteiger partial charge in [-0.25, -0.2) is 4.79 Å². The van der Waals surface area contributed by atoms with E-state index in [9.17, 15) is 4.79 Å². The molecule has 0 fully saturated rings. The SMILES string of the molecule is C.CCOC(=O)COC. The van der Waals surface area contributed by atoms with Crippen molar-refractivity contribution >= 4 is 5.97 Å². The first kappa shape index (κ1) is 11.3. The van der Waals surface area contributed by atoms with E-state index in [4.69, 9.17) is 0 Å². The first-order chi connectivity index (χ1) is 3.81. The molecule has 3 nitrogen and oxygen atoms in total. The predicted molar refractivity (Wildman–Crippen MR) is 35.2 cm³/mol. The van der Waals surface area contributed by atoms with Crippen LogP contribution in [-0.4, -0.2) is 26.3 Å². The maximum Gasteiger partial charge on any atom is 0.332 e. The van der Waals surface area contributed by atoms with Crippen LogP contribution in [0.15, 0.2) is 0 Å². The van der Waals surface area contributed by atoms with Crippen molar-refractivity contribution in [1.29, 1.82) is 0 Å². The van der Waals surface area contributed by atoms with Gasteiger partial charge >= 0.3 is 5.97 Å². The number of carbonyl (C=O) groups is 1. The summed E-state index contributed by atoms with van der Waals surface area (Å²) in [5.41, 5.74) is 0. The summed E-state index contributed by atoms with van der Waals surface area (Å²) in [4.78, 5) is 10.3. The van der Waals surface area contributed by atoms with Crippen LogP contribution in [0.3, 0.4) is 0 Å². The zero-order chi connectivity index (χ0) is 6.41. The second-order valence-electron chi connectivity index (χ2n) is 1.24. The van der Waals surface area contributed by atoms with E-state index in [0.717, 1.165) is 0 Å². The summed E-state index contributed by atoms with van der Waals surface area (Å²) in [6.45, 7) is 2.23. The van der Waals surface area contributed by atoms with E-state index in [1.54, 1.807) is 6.92 Å². The minimum atomic E-state index is -0.310. The molecule has 0 amide bonds. The maximum atomic E-state index is 10.3. The zero-order valence-corrected chi connectivity index (χ0v) is 5.14. The van der Waals surface area contributed by atoms with Gasteiger partial charge < -0.3 is 9.47 Å². The lowest BCUT2D eigenvalue weighted by Crippen LogP contribution is -2.10. The van der Waals surface area contributed by atoms with Crippen LogP contribution in [0.1, 0.15) is 14.4 Å². The Morgan fingerprint density at radius 1 is 1.56 bits per heavy atom. The Labute approximate surface area is 56.0 Å². The molecule has 0 saturated carbocycles. The highest BCUT2D eigenvalue weighted by molar-refractivity contribution is 5.70. The molecule has 0 aromatic heterocycles. The maximum absolute atomic E-state index is 10.3. The van der Waals surface area contributed by atoms with Crippen molar-refractivity contribution in [3.05, 3.63) is 0 Å². The molecule has 0 spiro atoms. The van der Waals surface area contributed by atoms with Crippen LogP contribution in [0.4, 0.5) is 0 Å². The molecule has 0 bridgehead atoms. The highest BCUT2D eigenvalue weighted by Crippen LogP contribution is 1.76. The molecule has 0 N–H and O–H groups in total. The predicted octanol–water partition coefficient (Wildman–Crippen LogP) is 0.832. The van der Waals surface area contributed by atoms with Crippen LogP contribution in [-0.2, 0) is 14.3 Å². The fourth-order valence-electron chi connectivity index (χ4n) is 0.321. The topological polar surface area (TPSA) is 35.5 Å². The van der Waals surface area contributed by atoms with Gasteiger partial charge in [0.25, 0.3) is 0 Å². The highest BCUT2D eigenvalue weighted by Gasteiger charge is 1.96. The van der Waals surface area contributed by atoms with Crippen molar-refractivity contribution in [3.63, 3.8) is 0 Å². The molecule has 9 heavy (non-hydrogen) atoms. The molecule has 0 unspecified atom stereocenters. The fraction of sp³-hybridized carbons (Fsp3) is 0.833. The van der Waals surface area contributed by atoms with Gasteiger partial charge in [0.2, 0.25) is 0 Å². The van der Waals surface area contributed by atoms with Crippen molar-refractivity contribution < 1.29 is 14.3 Å². The van der Waals surface area contributed by atoms with Crippen molar-refractivity contribution in [2.45, 2.75) is 14.4 Å². The summed E-state index contributed by atoms with van der Waals surface area (Å²) in [5.74, 6) is -0.310. The minimum Gasteiger partial charge on any atom is -0.464 e. The highest BCUT2D eigenvalue weighted by atomic mass is 16.6. The Morgan fingerprint density at radius 2 is 2.11 bits per heavy atom. The second kappa shape index (κ2) is 7.43. The van der Waals surface area contributed by atoms with Gasteiger partial charge in [-0.1, -0.05) is 7.43 Å². The normalized spacial score (nSPS) is 7.78. The third kappa shape index (κ3) is 7.43. The number of carbonyl (C=O) groups excluding carboxylic acids is 1. The molecule has 0 aromatic carbocycles. The van der Waals surface area contributed by atoms with Crippen LogP contribution in [0.2, 0.25) is 0 Å². The van der Waals surface area contributed by atoms with Gasteiger partial charge in [0.1, 0.15) is 6.61 Å². The summed E-state index contributed by atoms with van der Waals surface area (Å²) < 4.78 is 9.00. The van der Waals surface area contributed by atoms with Gasteiger partial charge in [0.15, 0.2) is 0 Å². The molecule has 0 heterocycles. The molecular weight excluding hydrogens is 120 g/mol. The average molecular weight is 134 g/mol. The first-order valence-corrected chi connectivity index (χ1v) is 2.45. The largest absolute Gasteiger partial charge is 0.464 e. The second-order valence-corrected chi connectivity index (χ2v) is 1.24. The van der Waals surface area contributed by atoms with E-state index >= 15 is 0 Å². The Bertz CT molecular complexity index is 62.7. The van der Waals surface area contributed by atoms with Gasteiger partial charge in [0.05, 0.1) is 6.61 Å². The third-order valence-corrected chi connectivity index (χ3v) is 0.568. The fourth-order valence-corrected chi connectivity index (χ4v) is 0.321. The molecular formula is C6H14O3. The molecule has 0 aliphatic carbocycles. The van der Waals surface area contributed by atoms with Crippen LogP contribution < -0.4 is 0 Å². The minimum absolute atomic E-state index is 0. The van der Waals surface area contributed by atoms with E-state index in [0.29, 0.717) is 6.61 Å². The van der Waals surface area contributed by atoms with Crippen LogP contribution in [0.25, 0.3) is 0 Å². The standard InChI is InChI=1S/C5H10O3.CH4/c1-3-8-5(6)4-7-2;/h3-4H2,1-2H3;1H4. The number of hydrogen-bond acceptors (Lipinski definition) is 3. The molecule has 0 atom stereocenters. The zero-order valence-electron chi connectivity index (χ0n) is 5.14. The molecule has 0 aliphatic heterocycles. The Kier molecular flexibility index (Phi) is 9.29. The molecule has 3 heteroatoms. The van der Waals surface area contributed by atoms with Crippen molar-refractivity contribution in [2.75, 3.05) is 20.3 Å². The number of esters is 1. The summed E-state index contributed by atoms with van der Waals surface area (Å²) in [6.07, 6.45) is 0. The van der Waals surface area contributed by atoms with Crippen LogP contribution >= 0.6 is 0 Å². The number of ether oxygens (including phenoxy) is 2. The molecule has 56 valence electrons. The summed E-state index contributed by atoms with van der Waals surface area (Å²) in [7, 11) is 1.46. The van der Waals surface area contributed by atoms with E-state index in [2.05, 4.69) is 9.47 Å². The van der Waals surface area contributed by atoms with Gasteiger partial charge in [-0.05, 0) is 6.92 Å². The number of methoxy groups -OCH3 is 1. The van der Waals surface area contributed by atoms with E-state index < -0.39 is 0 Å². The molecule has 0 radical (unpaired) electrons. The van der Waals surface area contributed by atoms with Crippen molar-refractivity contribution in [2.24, 2.45) is 0 Å². The monoisotopic (exact) mass is 134 g/mol. The lowest BCUT2D eigenvalue weighted by molar-refractivity contribution is -0.147. The quantitative estimate of drug-likeness (QED) is 0.536. The smallest absolute Gasteiger partial charge is 0.332 e. The number of hydrogen-bond donors (Lipinski definition) is 0. The van der Waals surface area contributed by atoms with Gasteiger partial charge in [-0.15, -0.1) is 0 Å². The van der Waals surface area contributed by atoms with E-state index in [-0.39, 0.29) is 20.0 Å². The van der Waals surface area contributed by atoms with Crippen molar-refractivity contribution in [3.8, 4) is 0 Å². The molecule has 0 aromatic rings. The lowest BCUT2D eigenvalue weighted by Gasteiger charge is -1.97. The van der Waals surface area contributed by atoms with Crippen molar-refractivity contribution in [1.82, 2.24) is 0 Å². The van der Waals surface area contributed by atoms with Crippen LogP contribution in [0, 0.1) is 0 Å².